The SMILES string of the molecule is CCCn1nc(C)cc1CN(C)c1ccc(NC(=O)c2cccc(C)c2)cc1C(=O)O. The van der Waals surface area contributed by atoms with Crippen molar-refractivity contribution in [1.82, 2.24) is 9.78 Å². The van der Waals surface area contributed by atoms with Gasteiger partial charge in [0.1, 0.15) is 0 Å². The lowest BCUT2D eigenvalue weighted by molar-refractivity contribution is 0.0697. The maximum Gasteiger partial charge on any atom is 0.337 e. The zero-order chi connectivity index (χ0) is 22.5. The van der Waals surface area contributed by atoms with Gasteiger partial charge < -0.3 is 15.3 Å². The Hall–Kier alpha value is -3.61. The summed E-state index contributed by atoms with van der Waals surface area (Å²) in [5.41, 5.74) is 4.60. The molecule has 0 aliphatic carbocycles. The molecule has 31 heavy (non-hydrogen) atoms. The van der Waals surface area contributed by atoms with Gasteiger partial charge in [-0.05, 0) is 56.7 Å². The molecular formula is C24H28N4O3. The van der Waals surface area contributed by atoms with Gasteiger partial charge >= 0.3 is 5.97 Å². The molecule has 0 fully saturated rings. The van der Waals surface area contributed by atoms with E-state index in [0.29, 0.717) is 23.5 Å². The van der Waals surface area contributed by atoms with Gasteiger partial charge in [0.05, 0.1) is 29.2 Å². The molecule has 0 spiro atoms. The quantitative estimate of drug-likeness (QED) is 0.560. The summed E-state index contributed by atoms with van der Waals surface area (Å²) in [4.78, 5) is 26.4. The molecule has 0 saturated heterocycles. The highest BCUT2D eigenvalue weighted by atomic mass is 16.4. The number of nitrogens with zero attached hydrogens (tertiary/aromatic N) is 3. The fourth-order valence-electron chi connectivity index (χ4n) is 3.57. The Kier molecular flexibility index (Phi) is 6.74. The molecule has 1 aromatic heterocycles. The van der Waals surface area contributed by atoms with Crippen LogP contribution in [0.3, 0.4) is 0 Å². The largest absolute Gasteiger partial charge is 0.478 e. The van der Waals surface area contributed by atoms with Crippen molar-refractivity contribution in [2.24, 2.45) is 0 Å². The molecule has 0 bridgehead atoms. The van der Waals surface area contributed by atoms with Gasteiger partial charge in [-0.2, -0.15) is 5.10 Å². The highest BCUT2D eigenvalue weighted by Gasteiger charge is 2.17. The first-order valence-corrected chi connectivity index (χ1v) is 10.3. The van der Waals surface area contributed by atoms with Crippen LogP contribution in [0.25, 0.3) is 0 Å². The molecule has 1 heterocycles. The molecule has 3 aromatic rings. The van der Waals surface area contributed by atoms with Gasteiger partial charge in [0.2, 0.25) is 0 Å². The number of benzene rings is 2. The molecule has 2 aromatic carbocycles. The van der Waals surface area contributed by atoms with E-state index in [1.54, 1.807) is 24.3 Å². The molecule has 0 saturated carbocycles. The van der Waals surface area contributed by atoms with Gasteiger partial charge in [-0.3, -0.25) is 9.48 Å². The number of carbonyl (C=O) groups is 2. The number of hydrogen-bond donors (Lipinski definition) is 2. The van der Waals surface area contributed by atoms with Gasteiger partial charge in [0.15, 0.2) is 0 Å². The Labute approximate surface area is 182 Å². The van der Waals surface area contributed by atoms with Crippen molar-refractivity contribution >= 4 is 23.3 Å². The van der Waals surface area contributed by atoms with Crippen LogP contribution < -0.4 is 10.2 Å². The van der Waals surface area contributed by atoms with Crippen LogP contribution >= 0.6 is 0 Å². The van der Waals surface area contributed by atoms with E-state index in [1.165, 1.54) is 6.07 Å². The average Bonchev–Trinajstić information content (AvgIpc) is 3.06. The van der Waals surface area contributed by atoms with E-state index in [2.05, 4.69) is 17.3 Å². The number of aromatic nitrogens is 2. The number of nitrogens with one attached hydrogen (secondary N) is 1. The topological polar surface area (TPSA) is 87.5 Å². The van der Waals surface area contributed by atoms with Crippen molar-refractivity contribution in [3.8, 4) is 0 Å². The average molecular weight is 421 g/mol. The molecule has 2 N–H and O–H groups in total. The summed E-state index contributed by atoms with van der Waals surface area (Å²) in [7, 11) is 1.85. The minimum atomic E-state index is -1.05. The highest BCUT2D eigenvalue weighted by molar-refractivity contribution is 6.05. The predicted octanol–water partition coefficient (Wildman–Crippen LogP) is 4.50. The second-order valence-electron chi connectivity index (χ2n) is 7.72. The zero-order valence-corrected chi connectivity index (χ0v) is 18.3. The summed E-state index contributed by atoms with van der Waals surface area (Å²) >= 11 is 0. The normalized spacial score (nSPS) is 10.7. The fraction of sp³-hybridized carbons (Fsp3) is 0.292. The Morgan fingerprint density at radius 3 is 2.58 bits per heavy atom. The minimum absolute atomic E-state index is 0.128. The molecule has 1 amide bonds. The maximum absolute atomic E-state index is 12.5. The summed E-state index contributed by atoms with van der Waals surface area (Å²) in [5, 5.41) is 17.1. The molecule has 0 aliphatic rings. The van der Waals surface area contributed by atoms with Crippen LogP contribution in [0.1, 0.15) is 51.0 Å². The Morgan fingerprint density at radius 2 is 1.90 bits per heavy atom. The first-order valence-electron chi connectivity index (χ1n) is 10.3. The van der Waals surface area contributed by atoms with E-state index in [4.69, 9.17) is 0 Å². The third kappa shape index (κ3) is 5.31. The summed E-state index contributed by atoms with van der Waals surface area (Å²) in [6, 6.07) is 14.2. The van der Waals surface area contributed by atoms with Crippen molar-refractivity contribution in [2.75, 3.05) is 17.3 Å². The Morgan fingerprint density at radius 1 is 1.13 bits per heavy atom. The van der Waals surface area contributed by atoms with Crippen LogP contribution in [0.5, 0.6) is 0 Å². The van der Waals surface area contributed by atoms with E-state index in [-0.39, 0.29) is 11.5 Å². The third-order valence-electron chi connectivity index (χ3n) is 5.00. The van der Waals surface area contributed by atoms with Crippen LogP contribution in [0.2, 0.25) is 0 Å². The lowest BCUT2D eigenvalue weighted by Gasteiger charge is -2.22. The van der Waals surface area contributed by atoms with Crippen molar-refractivity contribution in [2.45, 2.75) is 40.3 Å². The van der Waals surface area contributed by atoms with Crippen LogP contribution in [-0.2, 0) is 13.1 Å². The third-order valence-corrected chi connectivity index (χ3v) is 5.00. The molecule has 7 nitrogen and oxygen atoms in total. The van der Waals surface area contributed by atoms with Crippen molar-refractivity contribution in [1.29, 1.82) is 0 Å². The summed E-state index contributed by atoms with van der Waals surface area (Å²) < 4.78 is 1.96. The lowest BCUT2D eigenvalue weighted by atomic mass is 10.1. The van der Waals surface area contributed by atoms with Gasteiger partial charge in [-0.25, -0.2) is 4.79 Å². The number of amides is 1. The number of aromatic carboxylic acids is 1. The van der Waals surface area contributed by atoms with E-state index in [1.807, 2.05) is 48.7 Å². The molecule has 7 heteroatoms. The van der Waals surface area contributed by atoms with Gasteiger partial charge in [-0.15, -0.1) is 0 Å². The number of hydrogen-bond acceptors (Lipinski definition) is 4. The van der Waals surface area contributed by atoms with Crippen molar-refractivity contribution in [3.63, 3.8) is 0 Å². The fourth-order valence-corrected chi connectivity index (χ4v) is 3.57. The van der Waals surface area contributed by atoms with Crippen LogP contribution in [0, 0.1) is 13.8 Å². The first-order chi connectivity index (χ1) is 14.8. The molecule has 0 aliphatic heterocycles. The minimum Gasteiger partial charge on any atom is -0.478 e. The lowest BCUT2D eigenvalue weighted by Crippen LogP contribution is -2.22. The van der Waals surface area contributed by atoms with E-state index in [0.717, 1.165) is 29.9 Å². The number of anilines is 2. The molecule has 0 radical (unpaired) electrons. The number of carboxylic acids is 1. The summed E-state index contributed by atoms with van der Waals surface area (Å²) in [6.45, 7) is 7.29. The van der Waals surface area contributed by atoms with Crippen LogP contribution in [-0.4, -0.2) is 33.8 Å². The zero-order valence-electron chi connectivity index (χ0n) is 18.3. The second-order valence-corrected chi connectivity index (χ2v) is 7.72. The molecular weight excluding hydrogens is 392 g/mol. The molecule has 0 atom stereocenters. The smallest absolute Gasteiger partial charge is 0.337 e. The second kappa shape index (κ2) is 9.47. The standard InChI is InChI=1S/C24H28N4O3/c1-5-11-28-20(13-17(3)26-28)15-27(4)22-10-9-19(14-21(22)24(30)31)25-23(29)18-8-6-7-16(2)12-18/h6-10,12-14H,5,11,15H2,1-4H3,(H,25,29)(H,30,31). The van der Waals surface area contributed by atoms with Crippen LogP contribution in [0.15, 0.2) is 48.5 Å². The molecule has 0 unspecified atom stereocenters. The molecule has 162 valence electrons. The summed E-state index contributed by atoms with van der Waals surface area (Å²) in [6.07, 6.45) is 0.966. The van der Waals surface area contributed by atoms with E-state index in [9.17, 15) is 14.7 Å². The van der Waals surface area contributed by atoms with E-state index >= 15 is 0 Å². The van der Waals surface area contributed by atoms with Crippen molar-refractivity contribution in [3.05, 3.63) is 76.6 Å². The van der Waals surface area contributed by atoms with Gasteiger partial charge in [0, 0.05) is 24.8 Å². The number of rotatable bonds is 8. The molecule has 3 rings (SSSR count). The van der Waals surface area contributed by atoms with Gasteiger partial charge in [-0.1, -0.05) is 24.6 Å². The Bertz CT molecular complexity index is 1100. The highest BCUT2D eigenvalue weighted by Crippen LogP contribution is 2.26. The number of aryl methyl sites for hydroxylation is 3. The maximum atomic E-state index is 12.5. The number of carbonyl (C=O) groups excluding carboxylic acids is 1. The summed E-state index contributed by atoms with van der Waals surface area (Å²) in [5.74, 6) is -1.33. The van der Waals surface area contributed by atoms with E-state index < -0.39 is 5.97 Å². The Balaban J connectivity index is 1.83. The van der Waals surface area contributed by atoms with Crippen molar-refractivity contribution < 1.29 is 14.7 Å². The first kappa shape index (κ1) is 22.1. The van der Waals surface area contributed by atoms with Crippen LogP contribution in [0.4, 0.5) is 11.4 Å². The predicted molar refractivity (Wildman–Crippen MR) is 122 cm³/mol. The number of carboxylic acid groups (broad SMARTS) is 1. The van der Waals surface area contributed by atoms with Gasteiger partial charge in [0.25, 0.3) is 5.91 Å². The monoisotopic (exact) mass is 420 g/mol.